The molecule has 0 fully saturated rings. The summed E-state index contributed by atoms with van der Waals surface area (Å²) in [7, 11) is 1.66. The maximum atomic E-state index is 12.1. The molecule has 0 unspecified atom stereocenters. The van der Waals surface area contributed by atoms with E-state index < -0.39 is 0 Å². The van der Waals surface area contributed by atoms with Crippen LogP contribution in [0.3, 0.4) is 0 Å². The van der Waals surface area contributed by atoms with Crippen molar-refractivity contribution in [3.63, 3.8) is 0 Å². The minimum Gasteiger partial charge on any atom is -0.383 e. The summed E-state index contributed by atoms with van der Waals surface area (Å²) in [5, 5.41) is 10.2. The Morgan fingerprint density at radius 1 is 1.29 bits per heavy atom. The van der Waals surface area contributed by atoms with Crippen molar-refractivity contribution < 1.29 is 9.53 Å². The highest BCUT2D eigenvalue weighted by molar-refractivity contribution is 5.94. The van der Waals surface area contributed by atoms with Crippen LogP contribution in [0, 0.1) is 0 Å². The molecule has 0 spiro atoms. The van der Waals surface area contributed by atoms with Crippen LogP contribution in [0.15, 0.2) is 42.7 Å². The van der Waals surface area contributed by atoms with E-state index in [9.17, 15) is 4.79 Å². The van der Waals surface area contributed by atoms with Crippen LogP contribution in [0.4, 0.5) is 0 Å². The van der Waals surface area contributed by atoms with Crippen LogP contribution in [0.5, 0.6) is 0 Å². The molecular formula is C15H20N4O2. The van der Waals surface area contributed by atoms with E-state index in [1.54, 1.807) is 24.1 Å². The fourth-order valence-electron chi connectivity index (χ4n) is 1.88. The molecule has 0 saturated carbocycles. The molecule has 6 heteroatoms. The molecule has 2 aromatic rings. The largest absolute Gasteiger partial charge is 0.383 e. The van der Waals surface area contributed by atoms with E-state index in [1.807, 2.05) is 30.5 Å². The second-order valence-electron chi connectivity index (χ2n) is 4.50. The molecule has 0 aliphatic heterocycles. The number of benzene rings is 1. The number of aromatic nitrogens is 2. The Morgan fingerprint density at radius 3 is 2.95 bits per heavy atom. The molecule has 2 N–H and O–H groups in total. The van der Waals surface area contributed by atoms with Gasteiger partial charge in [-0.1, -0.05) is 6.07 Å². The molecule has 1 heterocycles. The minimum absolute atomic E-state index is 0.0856. The van der Waals surface area contributed by atoms with Gasteiger partial charge < -0.3 is 15.4 Å². The summed E-state index contributed by atoms with van der Waals surface area (Å²) in [5.41, 5.74) is 1.49. The first-order valence-corrected chi connectivity index (χ1v) is 6.89. The number of hydrogen-bond donors (Lipinski definition) is 2. The molecule has 0 atom stereocenters. The number of methoxy groups -OCH3 is 1. The first kappa shape index (κ1) is 15.2. The van der Waals surface area contributed by atoms with Crippen LogP contribution in [0.2, 0.25) is 0 Å². The summed E-state index contributed by atoms with van der Waals surface area (Å²) in [6.07, 6.45) is 3.55. The van der Waals surface area contributed by atoms with Crippen molar-refractivity contribution >= 4 is 5.91 Å². The van der Waals surface area contributed by atoms with Gasteiger partial charge in [-0.25, -0.2) is 4.68 Å². The Bertz CT molecular complexity index is 555. The lowest BCUT2D eigenvalue weighted by Crippen LogP contribution is -2.33. The summed E-state index contributed by atoms with van der Waals surface area (Å²) in [5.74, 6) is -0.0856. The molecule has 0 radical (unpaired) electrons. The fourth-order valence-corrected chi connectivity index (χ4v) is 1.88. The molecule has 1 amide bonds. The Morgan fingerprint density at radius 2 is 2.19 bits per heavy atom. The highest BCUT2D eigenvalue weighted by atomic mass is 16.5. The van der Waals surface area contributed by atoms with Crippen LogP contribution in [-0.2, 0) is 4.74 Å². The lowest BCUT2D eigenvalue weighted by molar-refractivity contribution is 0.0953. The lowest BCUT2D eigenvalue weighted by Gasteiger charge is -2.08. The van der Waals surface area contributed by atoms with Gasteiger partial charge in [0.15, 0.2) is 0 Å². The van der Waals surface area contributed by atoms with Gasteiger partial charge in [-0.3, -0.25) is 4.79 Å². The SMILES string of the molecule is COCCNCCNC(=O)c1cccc(-n2cccn2)c1. The minimum atomic E-state index is -0.0856. The van der Waals surface area contributed by atoms with E-state index in [0.717, 1.165) is 12.2 Å². The quantitative estimate of drug-likeness (QED) is 0.706. The van der Waals surface area contributed by atoms with Gasteiger partial charge in [0.05, 0.1) is 12.3 Å². The summed E-state index contributed by atoms with van der Waals surface area (Å²) in [4.78, 5) is 12.1. The number of carbonyl (C=O) groups is 1. The molecule has 21 heavy (non-hydrogen) atoms. The van der Waals surface area contributed by atoms with Gasteiger partial charge in [0.1, 0.15) is 0 Å². The van der Waals surface area contributed by atoms with Crippen LogP contribution < -0.4 is 10.6 Å². The highest BCUT2D eigenvalue weighted by Crippen LogP contribution is 2.09. The van der Waals surface area contributed by atoms with Gasteiger partial charge in [-0.2, -0.15) is 5.10 Å². The third kappa shape index (κ3) is 4.70. The van der Waals surface area contributed by atoms with Crippen LogP contribution in [0.25, 0.3) is 5.69 Å². The molecule has 0 aliphatic rings. The number of hydrogen-bond acceptors (Lipinski definition) is 4. The number of ether oxygens (including phenoxy) is 1. The Kier molecular flexibility index (Phi) is 5.93. The Balaban J connectivity index is 1.84. The van der Waals surface area contributed by atoms with Crippen LogP contribution >= 0.6 is 0 Å². The molecule has 1 aromatic carbocycles. The second kappa shape index (κ2) is 8.18. The second-order valence-corrected chi connectivity index (χ2v) is 4.50. The summed E-state index contributed by atoms with van der Waals surface area (Å²) in [6, 6.07) is 9.22. The maximum absolute atomic E-state index is 12.1. The standard InChI is InChI=1S/C15H20N4O2/c1-21-11-9-16-7-8-17-15(20)13-4-2-5-14(12-13)19-10-3-6-18-19/h2-6,10,12,16H,7-9,11H2,1H3,(H,17,20). The number of amides is 1. The number of nitrogens with one attached hydrogen (secondary N) is 2. The molecule has 1 aromatic heterocycles. The zero-order chi connectivity index (χ0) is 14.9. The van der Waals surface area contributed by atoms with E-state index in [2.05, 4.69) is 15.7 Å². The predicted octanol–water partition coefficient (Wildman–Crippen LogP) is 0.838. The van der Waals surface area contributed by atoms with Crippen LogP contribution in [-0.4, -0.2) is 49.0 Å². The van der Waals surface area contributed by atoms with E-state index in [4.69, 9.17) is 4.74 Å². The first-order valence-electron chi connectivity index (χ1n) is 6.89. The van der Waals surface area contributed by atoms with Gasteiger partial charge >= 0.3 is 0 Å². The van der Waals surface area contributed by atoms with Crippen molar-refractivity contribution in [2.75, 3.05) is 33.4 Å². The van der Waals surface area contributed by atoms with Crippen molar-refractivity contribution in [3.8, 4) is 5.69 Å². The van der Waals surface area contributed by atoms with Gasteiger partial charge in [0, 0.05) is 44.7 Å². The van der Waals surface area contributed by atoms with E-state index >= 15 is 0 Å². The Hall–Kier alpha value is -2.18. The molecule has 112 valence electrons. The number of carbonyl (C=O) groups excluding carboxylic acids is 1. The normalized spacial score (nSPS) is 10.5. The summed E-state index contributed by atoms with van der Waals surface area (Å²) in [6.45, 7) is 2.74. The number of nitrogens with zero attached hydrogens (tertiary/aromatic N) is 2. The third-order valence-corrected chi connectivity index (χ3v) is 2.95. The zero-order valence-electron chi connectivity index (χ0n) is 12.1. The molecule has 0 saturated heterocycles. The third-order valence-electron chi connectivity index (χ3n) is 2.95. The van der Waals surface area contributed by atoms with Gasteiger partial charge in [-0.15, -0.1) is 0 Å². The van der Waals surface area contributed by atoms with Crippen LogP contribution in [0.1, 0.15) is 10.4 Å². The number of rotatable bonds is 8. The lowest BCUT2D eigenvalue weighted by atomic mass is 10.2. The smallest absolute Gasteiger partial charge is 0.251 e. The molecule has 0 aliphatic carbocycles. The molecule has 0 bridgehead atoms. The van der Waals surface area contributed by atoms with E-state index in [1.165, 1.54) is 0 Å². The van der Waals surface area contributed by atoms with Crippen molar-refractivity contribution in [3.05, 3.63) is 48.3 Å². The fraction of sp³-hybridized carbons (Fsp3) is 0.333. The summed E-state index contributed by atoms with van der Waals surface area (Å²) >= 11 is 0. The molecular weight excluding hydrogens is 268 g/mol. The van der Waals surface area contributed by atoms with Gasteiger partial charge in [-0.05, 0) is 24.3 Å². The molecule has 6 nitrogen and oxygen atoms in total. The average molecular weight is 288 g/mol. The zero-order valence-corrected chi connectivity index (χ0v) is 12.1. The van der Waals surface area contributed by atoms with Crippen molar-refractivity contribution in [1.82, 2.24) is 20.4 Å². The topological polar surface area (TPSA) is 68.2 Å². The Labute approximate surface area is 124 Å². The van der Waals surface area contributed by atoms with E-state index in [0.29, 0.717) is 25.3 Å². The predicted molar refractivity (Wildman–Crippen MR) is 80.6 cm³/mol. The van der Waals surface area contributed by atoms with Gasteiger partial charge in [0.2, 0.25) is 0 Å². The van der Waals surface area contributed by atoms with Crippen molar-refractivity contribution in [1.29, 1.82) is 0 Å². The van der Waals surface area contributed by atoms with Crippen molar-refractivity contribution in [2.24, 2.45) is 0 Å². The highest BCUT2D eigenvalue weighted by Gasteiger charge is 2.06. The maximum Gasteiger partial charge on any atom is 0.251 e. The summed E-state index contributed by atoms with van der Waals surface area (Å²) < 4.78 is 6.65. The molecule has 2 rings (SSSR count). The van der Waals surface area contributed by atoms with E-state index in [-0.39, 0.29) is 5.91 Å². The van der Waals surface area contributed by atoms with Gasteiger partial charge in [0.25, 0.3) is 5.91 Å². The first-order chi connectivity index (χ1) is 10.3. The van der Waals surface area contributed by atoms with Crippen molar-refractivity contribution in [2.45, 2.75) is 0 Å². The monoisotopic (exact) mass is 288 g/mol. The average Bonchev–Trinajstić information content (AvgIpc) is 3.05.